The molecule has 0 fully saturated rings. The molecule has 3 aromatic carbocycles. The normalized spacial score (nSPS) is 10.9. The quantitative estimate of drug-likeness (QED) is 0.132. The first-order valence-electron chi connectivity index (χ1n) is 11.7. The molecule has 0 aliphatic heterocycles. The van der Waals surface area contributed by atoms with Gasteiger partial charge in [0.25, 0.3) is 0 Å². The van der Waals surface area contributed by atoms with Crippen molar-refractivity contribution in [2.45, 2.75) is 31.1 Å². The standard InChI is InChI=1S/C28H29N3O3S/c1-33-19-18-31-27(21-34-26-17-9-8-15-24(26)22-11-4-2-5-12-22)29-30-28(31)35-20-10-16-25(32)23-13-6-3-7-14-23/h2-9,11-15,17H,10,16,18-21H2,1H3. The predicted octanol–water partition coefficient (Wildman–Crippen LogP) is 5.93. The summed E-state index contributed by atoms with van der Waals surface area (Å²) in [6.45, 7) is 1.48. The summed E-state index contributed by atoms with van der Waals surface area (Å²) in [5.41, 5.74) is 2.90. The SMILES string of the molecule is COCCn1c(COc2ccccc2-c2ccccc2)nnc1SCCCC(=O)c1ccccc1. The molecule has 0 saturated carbocycles. The molecule has 0 radical (unpaired) electrons. The Labute approximate surface area is 210 Å². The van der Waals surface area contributed by atoms with Crippen LogP contribution in [0.25, 0.3) is 11.1 Å². The van der Waals surface area contributed by atoms with Gasteiger partial charge < -0.3 is 14.0 Å². The third-order valence-corrected chi connectivity index (χ3v) is 6.57. The van der Waals surface area contributed by atoms with Crippen LogP contribution in [0.1, 0.15) is 29.0 Å². The number of hydrogen-bond acceptors (Lipinski definition) is 6. The van der Waals surface area contributed by atoms with Crippen LogP contribution in [-0.4, -0.2) is 40.0 Å². The van der Waals surface area contributed by atoms with Crippen LogP contribution >= 0.6 is 11.8 Å². The fraction of sp³-hybridized carbons (Fsp3) is 0.250. The molecule has 0 saturated heterocycles. The van der Waals surface area contributed by atoms with E-state index in [0.29, 0.717) is 26.2 Å². The van der Waals surface area contributed by atoms with Gasteiger partial charge in [0, 0.05) is 37.0 Å². The lowest BCUT2D eigenvalue weighted by molar-refractivity contribution is 0.0982. The number of benzene rings is 3. The molecule has 6 nitrogen and oxygen atoms in total. The van der Waals surface area contributed by atoms with Crippen LogP contribution in [-0.2, 0) is 17.9 Å². The van der Waals surface area contributed by atoms with E-state index in [0.717, 1.165) is 45.6 Å². The second-order valence-corrected chi connectivity index (χ2v) is 9.00. The zero-order valence-electron chi connectivity index (χ0n) is 19.8. The maximum atomic E-state index is 12.3. The molecule has 0 aliphatic carbocycles. The van der Waals surface area contributed by atoms with E-state index in [9.17, 15) is 4.79 Å². The van der Waals surface area contributed by atoms with Crippen molar-refractivity contribution >= 4 is 17.5 Å². The van der Waals surface area contributed by atoms with Crippen molar-refractivity contribution in [3.8, 4) is 16.9 Å². The first kappa shape index (κ1) is 24.7. The number of methoxy groups -OCH3 is 1. The number of nitrogens with zero attached hydrogens (tertiary/aromatic N) is 3. The Morgan fingerprint density at radius 1 is 0.914 bits per heavy atom. The van der Waals surface area contributed by atoms with E-state index in [4.69, 9.17) is 9.47 Å². The average molecular weight is 488 g/mol. The minimum Gasteiger partial charge on any atom is -0.485 e. The Morgan fingerprint density at radius 3 is 2.40 bits per heavy atom. The van der Waals surface area contributed by atoms with Crippen molar-refractivity contribution in [1.82, 2.24) is 14.8 Å². The second-order valence-electron chi connectivity index (χ2n) is 7.94. The fourth-order valence-corrected chi connectivity index (χ4v) is 4.62. The highest BCUT2D eigenvalue weighted by molar-refractivity contribution is 7.99. The number of para-hydroxylation sites is 1. The molecule has 0 amide bonds. The summed E-state index contributed by atoms with van der Waals surface area (Å²) in [7, 11) is 1.68. The molecule has 4 rings (SSSR count). The topological polar surface area (TPSA) is 66.2 Å². The maximum absolute atomic E-state index is 12.3. The van der Waals surface area contributed by atoms with Crippen LogP contribution in [0, 0.1) is 0 Å². The van der Waals surface area contributed by atoms with Gasteiger partial charge in [-0.2, -0.15) is 0 Å². The van der Waals surface area contributed by atoms with Crippen LogP contribution in [0.4, 0.5) is 0 Å². The summed E-state index contributed by atoms with van der Waals surface area (Å²) >= 11 is 1.60. The summed E-state index contributed by atoms with van der Waals surface area (Å²) in [6, 6.07) is 27.6. The Kier molecular flexibility index (Phi) is 9.09. The third kappa shape index (κ3) is 6.81. The number of thioether (sulfide) groups is 1. The van der Waals surface area contributed by atoms with Gasteiger partial charge in [-0.25, -0.2) is 0 Å². The molecule has 35 heavy (non-hydrogen) atoms. The first-order chi connectivity index (χ1) is 17.3. The minimum absolute atomic E-state index is 0.165. The summed E-state index contributed by atoms with van der Waals surface area (Å²) in [5.74, 6) is 2.49. The van der Waals surface area contributed by atoms with Crippen molar-refractivity contribution in [1.29, 1.82) is 0 Å². The Morgan fingerprint density at radius 2 is 1.63 bits per heavy atom. The van der Waals surface area contributed by atoms with E-state index in [-0.39, 0.29) is 5.78 Å². The molecule has 0 N–H and O–H groups in total. The van der Waals surface area contributed by atoms with Gasteiger partial charge in [-0.1, -0.05) is 90.6 Å². The van der Waals surface area contributed by atoms with Gasteiger partial charge in [-0.15, -0.1) is 10.2 Å². The lowest BCUT2D eigenvalue weighted by atomic mass is 10.1. The van der Waals surface area contributed by atoms with E-state index in [1.165, 1.54) is 0 Å². The van der Waals surface area contributed by atoms with Crippen molar-refractivity contribution < 1.29 is 14.3 Å². The lowest BCUT2D eigenvalue weighted by Crippen LogP contribution is -2.12. The molecule has 0 atom stereocenters. The zero-order valence-corrected chi connectivity index (χ0v) is 20.6. The molecule has 1 aromatic heterocycles. The molecule has 180 valence electrons. The fourth-order valence-electron chi connectivity index (χ4n) is 3.70. The van der Waals surface area contributed by atoms with Crippen LogP contribution < -0.4 is 4.74 Å². The molecule has 1 heterocycles. The molecular formula is C28H29N3O3S. The number of Topliss-reactive ketones (excluding diaryl/α,β-unsaturated/α-hetero) is 1. The molecule has 7 heteroatoms. The van der Waals surface area contributed by atoms with Gasteiger partial charge in [0.1, 0.15) is 12.4 Å². The van der Waals surface area contributed by atoms with Crippen molar-refractivity contribution in [3.05, 3.63) is 96.3 Å². The molecule has 0 bridgehead atoms. The number of ketones is 1. The largest absolute Gasteiger partial charge is 0.485 e. The van der Waals surface area contributed by atoms with Gasteiger partial charge >= 0.3 is 0 Å². The second kappa shape index (κ2) is 12.9. The summed E-state index contributed by atoms with van der Waals surface area (Å²) in [4.78, 5) is 12.3. The highest BCUT2D eigenvalue weighted by Gasteiger charge is 2.15. The van der Waals surface area contributed by atoms with E-state index in [1.54, 1.807) is 18.9 Å². The summed E-state index contributed by atoms with van der Waals surface area (Å²) in [6.07, 6.45) is 1.28. The Balaban J connectivity index is 1.38. The van der Waals surface area contributed by atoms with Crippen LogP contribution in [0.15, 0.2) is 90.1 Å². The number of hydrogen-bond donors (Lipinski definition) is 0. The van der Waals surface area contributed by atoms with Crippen molar-refractivity contribution in [2.75, 3.05) is 19.5 Å². The predicted molar refractivity (Wildman–Crippen MR) is 139 cm³/mol. The maximum Gasteiger partial charge on any atom is 0.191 e. The number of ether oxygens (including phenoxy) is 2. The van der Waals surface area contributed by atoms with E-state index >= 15 is 0 Å². The van der Waals surface area contributed by atoms with Crippen molar-refractivity contribution in [3.63, 3.8) is 0 Å². The van der Waals surface area contributed by atoms with E-state index < -0.39 is 0 Å². The zero-order chi connectivity index (χ0) is 24.3. The Hall–Kier alpha value is -3.42. The highest BCUT2D eigenvalue weighted by Crippen LogP contribution is 2.30. The number of rotatable bonds is 13. The van der Waals surface area contributed by atoms with Crippen LogP contribution in [0.5, 0.6) is 5.75 Å². The Bertz CT molecular complexity index is 1210. The highest BCUT2D eigenvalue weighted by atomic mass is 32.2. The molecule has 4 aromatic rings. The van der Waals surface area contributed by atoms with Gasteiger partial charge in [0.15, 0.2) is 16.8 Å². The number of carbonyl (C=O) groups is 1. The smallest absolute Gasteiger partial charge is 0.191 e. The van der Waals surface area contributed by atoms with Crippen molar-refractivity contribution in [2.24, 2.45) is 0 Å². The third-order valence-electron chi connectivity index (χ3n) is 5.52. The molecule has 0 aliphatic rings. The van der Waals surface area contributed by atoms with E-state index in [2.05, 4.69) is 28.4 Å². The minimum atomic E-state index is 0.165. The average Bonchev–Trinajstić information content (AvgIpc) is 3.31. The van der Waals surface area contributed by atoms with Crippen LogP contribution in [0.2, 0.25) is 0 Å². The number of carbonyl (C=O) groups excluding carboxylic acids is 1. The first-order valence-corrected chi connectivity index (χ1v) is 12.6. The van der Waals surface area contributed by atoms with Gasteiger partial charge in [-0.05, 0) is 18.1 Å². The summed E-state index contributed by atoms with van der Waals surface area (Å²) in [5, 5.41) is 9.59. The van der Waals surface area contributed by atoms with Gasteiger partial charge in [-0.3, -0.25) is 4.79 Å². The van der Waals surface area contributed by atoms with Gasteiger partial charge in [0.05, 0.1) is 6.61 Å². The lowest BCUT2D eigenvalue weighted by Gasteiger charge is -2.13. The van der Waals surface area contributed by atoms with Gasteiger partial charge in [0.2, 0.25) is 0 Å². The van der Waals surface area contributed by atoms with Crippen LogP contribution in [0.3, 0.4) is 0 Å². The monoisotopic (exact) mass is 487 g/mol. The number of aromatic nitrogens is 3. The summed E-state index contributed by atoms with van der Waals surface area (Å²) < 4.78 is 13.5. The molecule has 0 unspecified atom stereocenters. The molecular weight excluding hydrogens is 458 g/mol. The van der Waals surface area contributed by atoms with E-state index in [1.807, 2.05) is 71.3 Å². The molecule has 0 spiro atoms.